The Morgan fingerprint density at radius 1 is 1.50 bits per heavy atom. The first-order valence-electron chi connectivity index (χ1n) is 4.38. The molecule has 0 heterocycles. The molecule has 1 amide bonds. The van der Waals surface area contributed by atoms with Crippen LogP contribution in [0.3, 0.4) is 0 Å². The van der Waals surface area contributed by atoms with Crippen LogP contribution in [0.15, 0.2) is 18.2 Å². The van der Waals surface area contributed by atoms with E-state index in [0.29, 0.717) is 6.92 Å². The lowest BCUT2D eigenvalue weighted by Crippen LogP contribution is -2.15. The second kappa shape index (κ2) is 4.74. The maximum Gasteiger partial charge on any atom is 0.273 e. The van der Waals surface area contributed by atoms with Crippen LogP contribution in [-0.4, -0.2) is 11.8 Å². The number of amides is 1. The molecule has 0 saturated carbocycles. The van der Waals surface area contributed by atoms with E-state index in [1.165, 1.54) is 6.07 Å². The van der Waals surface area contributed by atoms with E-state index in [1.807, 2.05) is 0 Å². The van der Waals surface area contributed by atoms with Crippen molar-refractivity contribution in [2.75, 3.05) is 11.2 Å². The fourth-order valence-corrected chi connectivity index (χ4v) is 1.20. The summed E-state index contributed by atoms with van der Waals surface area (Å²) in [6.45, 7) is 0.582. The van der Waals surface area contributed by atoms with Gasteiger partial charge in [0.05, 0.1) is 5.56 Å². The van der Waals surface area contributed by atoms with Crippen molar-refractivity contribution in [1.82, 2.24) is 0 Å². The highest BCUT2D eigenvalue weighted by atomic mass is 35.5. The molecule has 1 N–H and O–H groups in total. The summed E-state index contributed by atoms with van der Waals surface area (Å²) in [6, 6.07) is 2.95. The van der Waals surface area contributed by atoms with E-state index in [4.69, 9.17) is 11.6 Å². The molecule has 0 atom stereocenters. The third-order valence-corrected chi connectivity index (χ3v) is 2.09. The summed E-state index contributed by atoms with van der Waals surface area (Å²) in [7, 11) is 0. The second-order valence-corrected chi connectivity index (χ2v) is 3.53. The molecule has 0 aliphatic heterocycles. The molecule has 0 aliphatic rings. The zero-order chi connectivity index (χ0) is 12.3. The number of alkyl halides is 3. The Kier molecular flexibility index (Phi) is 3.80. The molecule has 0 bridgehead atoms. The molecule has 1 aromatic carbocycles. The molecule has 0 saturated heterocycles. The van der Waals surface area contributed by atoms with E-state index >= 15 is 0 Å². The molecule has 88 valence electrons. The standard InChI is InChI=1S/C10H9ClF3NO/c1-10(13,14)7-4-6(2-3-8(7)12)15-9(16)5-11/h2-4H,5H2,1H3,(H,15,16). The van der Waals surface area contributed by atoms with Crippen molar-refractivity contribution in [2.24, 2.45) is 0 Å². The first-order chi connectivity index (χ1) is 7.34. The van der Waals surface area contributed by atoms with Crippen LogP contribution in [0.2, 0.25) is 0 Å². The number of anilines is 1. The third-order valence-electron chi connectivity index (χ3n) is 1.84. The van der Waals surface area contributed by atoms with Crippen LogP contribution in [0, 0.1) is 5.82 Å². The molecule has 2 nitrogen and oxygen atoms in total. The van der Waals surface area contributed by atoms with Crippen LogP contribution < -0.4 is 5.32 Å². The van der Waals surface area contributed by atoms with E-state index in [1.54, 1.807) is 0 Å². The second-order valence-electron chi connectivity index (χ2n) is 3.26. The molecule has 6 heteroatoms. The average molecular weight is 252 g/mol. The maximum absolute atomic E-state index is 13.1. The van der Waals surface area contributed by atoms with Gasteiger partial charge in [0.1, 0.15) is 11.7 Å². The summed E-state index contributed by atoms with van der Waals surface area (Å²) >= 11 is 5.23. The normalized spacial score (nSPS) is 11.3. The van der Waals surface area contributed by atoms with E-state index in [2.05, 4.69) is 5.32 Å². The van der Waals surface area contributed by atoms with E-state index in [9.17, 15) is 18.0 Å². The summed E-state index contributed by atoms with van der Waals surface area (Å²) in [5.41, 5.74) is -0.677. The van der Waals surface area contributed by atoms with E-state index < -0.39 is 23.2 Å². The van der Waals surface area contributed by atoms with Crippen molar-refractivity contribution in [1.29, 1.82) is 0 Å². The van der Waals surface area contributed by atoms with Crippen molar-refractivity contribution in [3.8, 4) is 0 Å². The lowest BCUT2D eigenvalue weighted by molar-refractivity contribution is -0.113. The van der Waals surface area contributed by atoms with Crippen molar-refractivity contribution < 1.29 is 18.0 Å². The molecular formula is C10H9ClF3NO. The highest BCUT2D eigenvalue weighted by Crippen LogP contribution is 2.31. The van der Waals surface area contributed by atoms with Gasteiger partial charge in [0.15, 0.2) is 0 Å². The quantitative estimate of drug-likeness (QED) is 0.822. The van der Waals surface area contributed by atoms with Crippen LogP contribution in [0.1, 0.15) is 12.5 Å². The summed E-state index contributed by atoms with van der Waals surface area (Å²) in [5.74, 6) is -5.16. The number of benzene rings is 1. The van der Waals surface area contributed by atoms with Gasteiger partial charge >= 0.3 is 0 Å². The molecular weight excluding hydrogens is 243 g/mol. The predicted molar refractivity (Wildman–Crippen MR) is 55.3 cm³/mol. The summed E-state index contributed by atoms with van der Waals surface area (Å²) in [4.78, 5) is 10.9. The van der Waals surface area contributed by atoms with Gasteiger partial charge in [0.2, 0.25) is 5.91 Å². The number of carbonyl (C=O) groups is 1. The van der Waals surface area contributed by atoms with Gasteiger partial charge in [0, 0.05) is 12.6 Å². The van der Waals surface area contributed by atoms with Crippen LogP contribution in [0.4, 0.5) is 18.9 Å². The Balaban J connectivity index is 3.03. The zero-order valence-electron chi connectivity index (χ0n) is 8.36. The SMILES string of the molecule is CC(F)(F)c1cc(NC(=O)CCl)ccc1F. The number of nitrogens with one attached hydrogen (secondary N) is 1. The monoisotopic (exact) mass is 251 g/mol. The molecule has 0 radical (unpaired) electrons. The van der Waals surface area contributed by atoms with Crippen molar-refractivity contribution in [3.63, 3.8) is 0 Å². The first kappa shape index (κ1) is 12.8. The van der Waals surface area contributed by atoms with Gasteiger partial charge in [-0.3, -0.25) is 4.79 Å². The smallest absolute Gasteiger partial charge is 0.273 e. The van der Waals surface area contributed by atoms with Crippen molar-refractivity contribution >= 4 is 23.2 Å². The van der Waals surface area contributed by atoms with Gasteiger partial charge < -0.3 is 5.32 Å². The Morgan fingerprint density at radius 3 is 2.62 bits per heavy atom. The van der Waals surface area contributed by atoms with E-state index in [-0.39, 0.29) is 11.6 Å². The predicted octanol–water partition coefficient (Wildman–Crippen LogP) is 3.11. The first-order valence-corrected chi connectivity index (χ1v) is 4.91. The third kappa shape index (κ3) is 3.13. The van der Waals surface area contributed by atoms with Crippen LogP contribution in [-0.2, 0) is 10.7 Å². The minimum absolute atomic E-state index is 0.0866. The van der Waals surface area contributed by atoms with Crippen LogP contribution in [0.25, 0.3) is 0 Å². The van der Waals surface area contributed by atoms with Gasteiger partial charge in [-0.05, 0) is 18.2 Å². The Labute approximate surface area is 95.4 Å². The maximum atomic E-state index is 13.1. The fourth-order valence-electron chi connectivity index (χ4n) is 1.13. The lowest BCUT2D eigenvalue weighted by Gasteiger charge is -2.13. The molecule has 0 aliphatic carbocycles. The summed E-state index contributed by atoms with van der Waals surface area (Å²) in [6.07, 6.45) is 0. The van der Waals surface area contributed by atoms with Gasteiger partial charge in [-0.25, -0.2) is 13.2 Å². The van der Waals surface area contributed by atoms with Gasteiger partial charge in [0.25, 0.3) is 5.92 Å². The molecule has 0 fully saturated rings. The molecule has 1 aromatic rings. The van der Waals surface area contributed by atoms with Crippen molar-refractivity contribution in [2.45, 2.75) is 12.8 Å². The largest absolute Gasteiger partial charge is 0.325 e. The summed E-state index contributed by atoms with van der Waals surface area (Å²) in [5, 5.41) is 2.26. The minimum Gasteiger partial charge on any atom is -0.325 e. The molecule has 1 rings (SSSR count). The Hall–Kier alpha value is -1.23. The summed E-state index contributed by atoms with van der Waals surface area (Å²) < 4.78 is 38.9. The highest BCUT2D eigenvalue weighted by molar-refractivity contribution is 6.29. The Bertz CT molecular complexity index is 404. The topological polar surface area (TPSA) is 29.1 Å². The lowest BCUT2D eigenvalue weighted by atomic mass is 10.1. The zero-order valence-corrected chi connectivity index (χ0v) is 9.12. The van der Waals surface area contributed by atoms with Crippen LogP contribution in [0.5, 0.6) is 0 Å². The van der Waals surface area contributed by atoms with Crippen LogP contribution >= 0.6 is 11.6 Å². The molecule has 0 spiro atoms. The number of rotatable bonds is 3. The highest BCUT2D eigenvalue weighted by Gasteiger charge is 2.28. The number of hydrogen-bond donors (Lipinski definition) is 1. The molecule has 0 aromatic heterocycles. The fraction of sp³-hybridized carbons (Fsp3) is 0.300. The molecule has 16 heavy (non-hydrogen) atoms. The van der Waals surface area contributed by atoms with E-state index in [0.717, 1.165) is 12.1 Å². The minimum atomic E-state index is -3.30. The van der Waals surface area contributed by atoms with Gasteiger partial charge in [-0.15, -0.1) is 11.6 Å². The van der Waals surface area contributed by atoms with Gasteiger partial charge in [-0.1, -0.05) is 0 Å². The number of halogens is 4. The number of hydrogen-bond acceptors (Lipinski definition) is 1. The molecule has 0 unspecified atom stereocenters. The van der Waals surface area contributed by atoms with Crippen molar-refractivity contribution in [3.05, 3.63) is 29.6 Å². The van der Waals surface area contributed by atoms with Gasteiger partial charge in [-0.2, -0.15) is 0 Å². The average Bonchev–Trinajstić information content (AvgIpc) is 2.19. The number of carbonyl (C=O) groups excluding carboxylic acids is 1. The Morgan fingerprint density at radius 2 is 2.12 bits per heavy atom.